The van der Waals surface area contributed by atoms with E-state index in [1.165, 1.54) is 134 Å². The van der Waals surface area contributed by atoms with Crippen LogP contribution in [-0.4, -0.2) is 251 Å². The number of nitrogens with zero attached hydrogens (tertiary/aromatic N) is 8. The zero-order chi connectivity index (χ0) is 98.1. The van der Waals surface area contributed by atoms with E-state index in [-0.39, 0.29) is 39.6 Å². The third-order valence-corrected chi connectivity index (χ3v) is 30.8. The highest BCUT2D eigenvalue weighted by Crippen LogP contribution is 2.39. The maximum absolute atomic E-state index is 12.6. The maximum atomic E-state index is 12.6. The lowest BCUT2D eigenvalue weighted by Crippen LogP contribution is -2.40. The van der Waals surface area contributed by atoms with Crippen LogP contribution in [0, 0.1) is 0 Å². The predicted molar refractivity (Wildman–Crippen MR) is 504 cm³/mol. The van der Waals surface area contributed by atoms with Gasteiger partial charge in [0.1, 0.15) is 77.4 Å². The number of carboxylic acids is 1. The normalized spacial score (nSPS) is 18.6. The molecule has 133 heavy (non-hydrogen) atoms. The molecule has 2 aliphatic carbocycles. The number of alkyl halides is 8. The van der Waals surface area contributed by atoms with Crippen molar-refractivity contribution in [2.24, 2.45) is 0 Å². The number of halogens is 8. The lowest BCUT2D eigenvalue weighted by Gasteiger charge is -2.35. The Morgan fingerprint density at radius 3 is 0.767 bits per heavy atom. The summed E-state index contributed by atoms with van der Waals surface area (Å²) in [7, 11) is 1.73. The van der Waals surface area contributed by atoms with Gasteiger partial charge in [-0.3, -0.25) is 27.9 Å². The van der Waals surface area contributed by atoms with Gasteiger partial charge in [0.15, 0.2) is 31.2 Å². The van der Waals surface area contributed by atoms with Gasteiger partial charge >= 0.3 is 53.5 Å². The molecule has 2 saturated carbocycles. The van der Waals surface area contributed by atoms with E-state index in [9.17, 15) is 64.2 Å². The standard InChI is InChI=1S/4C14H21OS.C11H16F2O4.C8H14O3.C7H6N4O.2C6H6F2N2O.C3H4F2O2/c4*1-14(2,3)12-4-6-13(7-5-12)16-10-8-15-9-11-16;1-10(12,13)9(14)17-8-2-4-11(5-3-8)15-6-7-16-11;9-7-1-3-8(4-2-7)10-5-6-11-8;12-7(10-3-1-8-5-10)11-4-2-9-6-11;2*1-6(7,8)5(11)10-3-2-9-4-10;1-3(4,5)2(6)7/h4*4-7H,8-11H2,1-3H3;8H,2-7H2,1H3;7,9H,1-6H2;1-6H;2*2-4H,1H3;1H3,(H,6,7)/q4*+1;;;;;;. The van der Waals surface area contributed by atoms with E-state index in [0.717, 1.165) is 114 Å². The Labute approximate surface area is 789 Å². The van der Waals surface area contributed by atoms with Crippen LogP contribution in [0.1, 0.15) is 194 Å². The third-order valence-electron chi connectivity index (χ3n) is 21.7. The summed E-state index contributed by atoms with van der Waals surface area (Å²) in [5.74, 6) is -11.0. The number of hydrogen-bond donors (Lipinski definition) is 2. The van der Waals surface area contributed by atoms with Crippen molar-refractivity contribution in [3.05, 3.63) is 194 Å². The summed E-state index contributed by atoms with van der Waals surface area (Å²) in [5.41, 5.74) is 6.74. The highest BCUT2D eigenvalue weighted by atomic mass is 32.2. The number of aliphatic hydroxyl groups excluding tert-OH is 1. The van der Waals surface area contributed by atoms with Crippen molar-refractivity contribution in [1.29, 1.82) is 0 Å². The van der Waals surface area contributed by atoms with E-state index in [4.69, 9.17) is 47.7 Å². The molecule has 8 aliphatic rings. The Hall–Kier alpha value is -7.85. The van der Waals surface area contributed by atoms with Gasteiger partial charge in [0.2, 0.25) is 0 Å². The molecular formula is C97H136F8N8O16S4+4. The van der Waals surface area contributed by atoms with E-state index in [1.807, 2.05) is 0 Å². The second kappa shape index (κ2) is 52.1. The fourth-order valence-corrected chi connectivity index (χ4v) is 21.1. The summed E-state index contributed by atoms with van der Waals surface area (Å²) >= 11 is 0. The first-order valence-corrected chi connectivity index (χ1v) is 50.8. The van der Waals surface area contributed by atoms with Gasteiger partial charge in [-0.05, 0) is 118 Å². The lowest BCUT2D eigenvalue weighted by molar-refractivity contribution is -0.202. The molecule has 736 valence electrons. The monoisotopic (exact) mass is 1950 g/mol. The number of carbonyl (C=O) groups excluding carboxylic acids is 4. The van der Waals surface area contributed by atoms with Gasteiger partial charge in [-0.1, -0.05) is 132 Å². The largest absolute Gasteiger partial charge is 0.477 e. The Morgan fingerprint density at radius 1 is 0.346 bits per heavy atom. The Bertz CT molecular complexity index is 4280. The van der Waals surface area contributed by atoms with E-state index in [0.29, 0.717) is 110 Å². The number of aliphatic hydroxyl groups is 1. The van der Waals surface area contributed by atoms with Crippen molar-refractivity contribution in [2.75, 3.05) is 125 Å². The van der Waals surface area contributed by atoms with E-state index in [2.05, 4.69) is 200 Å². The topological polar surface area (TPSA) is 280 Å². The number of imidazole rings is 4. The minimum atomic E-state index is -3.58. The molecule has 16 rings (SSSR count). The summed E-state index contributed by atoms with van der Waals surface area (Å²) in [6.45, 7) is 39.2. The first kappa shape index (κ1) is 112. The van der Waals surface area contributed by atoms with Gasteiger partial charge in [0, 0.05) is 147 Å². The van der Waals surface area contributed by atoms with Gasteiger partial charge in [0.25, 0.3) is 0 Å². The number of esters is 1. The van der Waals surface area contributed by atoms with Crippen molar-refractivity contribution >= 4 is 73.4 Å². The fraction of sp³-hybridized carbons (Fsp3) is 0.577. The Balaban J connectivity index is 0.000000203. The molecular weight excluding hydrogens is 1810 g/mol. The van der Waals surface area contributed by atoms with Gasteiger partial charge in [-0.2, -0.15) is 35.1 Å². The average Bonchev–Trinajstić information content (AvgIpc) is 1.55. The number of carbonyl (C=O) groups is 5. The van der Waals surface area contributed by atoms with Gasteiger partial charge < -0.3 is 52.8 Å². The second-order valence-electron chi connectivity index (χ2n) is 36.8. The maximum Gasteiger partial charge on any atom is 0.376 e. The zero-order valence-electron chi connectivity index (χ0n) is 79.5. The molecule has 0 amide bonds. The quantitative estimate of drug-likeness (QED) is 0.0771. The van der Waals surface area contributed by atoms with Crippen molar-refractivity contribution in [3.8, 4) is 0 Å². The highest BCUT2D eigenvalue weighted by molar-refractivity contribution is 7.97. The van der Waals surface area contributed by atoms with Gasteiger partial charge in [0.05, 0.1) is 85.4 Å². The molecule has 36 heteroatoms. The van der Waals surface area contributed by atoms with Gasteiger partial charge in [-0.25, -0.2) is 34.3 Å². The van der Waals surface area contributed by atoms with Crippen molar-refractivity contribution in [3.63, 3.8) is 0 Å². The zero-order valence-corrected chi connectivity index (χ0v) is 82.7. The lowest BCUT2D eigenvalue weighted by atomic mass is 9.87. The molecule has 6 aliphatic heterocycles. The highest BCUT2D eigenvalue weighted by Gasteiger charge is 2.45. The summed E-state index contributed by atoms with van der Waals surface area (Å²) in [6.07, 6.45) is 21.1. The molecule has 8 aromatic rings. The Kier molecular flexibility index (Phi) is 43.9. The smallest absolute Gasteiger partial charge is 0.376 e. The van der Waals surface area contributed by atoms with Crippen molar-refractivity contribution < 1.29 is 112 Å². The fourth-order valence-electron chi connectivity index (χ4n) is 13.7. The molecule has 0 atom stereocenters. The number of benzene rings is 4. The molecule has 2 spiro atoms. The van der Waals surface area contributed by atoms with E-state index in [1.54, 1.807) is 24.8 Å². The van der Waals surface area contributed by atoms with Crippen molar-refractivity contribution in [1.82, 2.24) is 38.2 Å². The Morgan fingerprint density at radius 2 is 0.571 bits per heavy atom. The number of rotatable bonds is 9. The van der Waals surface area contributed by atoms with Crippen LogP contribution in [0.2, 0.25) is 0 Å². The number of hydrogen-bond acceptors (Lipinski definition) is 19. The first-order chi connectivity index (χ1) is 62.4. The van der Waals surface area contributed by atoms with Crippen molar-refractivity contribution in [2.45, 2.75) is 251 Å². The third kappa shape index (κ3) is 38.9. The van der Waals surface area contributed by atoms with E-state index < -0.39 is 59.3 Å². The minimum absolute atomic E-state index is 0.131. The summed E-state index contributed by atoms with van der Waals surface area (Å²) in [5, 5.41) is 16.7. The molecule has 24 nitrogen and oxygen atoms in total. The van der Waals surface area contributed by atoms with Crippen LogP contribution in [0.15, 0.2) is 192 Å². The average molecular weight is 1950 g/mol. The van der Waals surface area contributed by atoms with Crippen LogP contribution in [0.25, 0.3) is 0 Å². The number of aromatic nitrogens is 8. The van der Waals surface area contributed by atoms with E-state index >= 15 is 0 Å². The van der Waals surface area contributed by atoms with Crippen LogP contribution in [-0.2, 0) is 117 Å². The molecule has 0 radical (unpaired) electrons. The molecule has 0 unspecified atom stereocenters. The van der Waals surface area contributed by atoms with Crippen LogP contribution in [0.5, 0.6) is 0 Å². The first-order valence-electron chi connectivity index (χ1n) is 44.6. The molecule has 10 heterocycles. The van der Waals surface area contributed by atoms with Crippen LogP contribution in [0.4, 0.5) is 39.9 Å². The molecule has 8 fully saturated rings. The number of carboxylic acid groups (broad SMARTS) is 1. The summed E-state index contributed by atoms with van der Waals surface area (Å²) < 4.78 is 150. The molecule has 2 N–H and O–H groups in total. The molecule has 6 saturated heterocycles. The van der Waals surface area contributed by atoms with Gasteiger partial charge in [-0.15, -0.1) is 0 Å². The number of ether oxygens (including phenoxy) is 9. The molecule has 0 bridgehead atoms. The van der Waals surface area contributed by atoms with Crippen LogP contribution < -0.4 is 0 Å². The molecule has 4 aromatic carbocycles. The van der Waals surface area contributed by atoms with Crippen LogP contribution >= 0.6 is 0 Å². The summed E-state index contributed by atoms with van der Waals surface area (Å²) in [6, 6.07) is 36.6. The second-order valence-corrected chi connectivity index (χ2v) is 45.9. The predicted octanol–water partition coefficient (Wildman–Crippen LogP) is 18.2. The molecule has 4 aromatic heterocycles. The van der Waals surface area contributed by atoms with Crippen LogP contribution in [0.3, 0.4) is 0 Å². The minimum Gasteiger partial charge on any atom is -0.477 e. The SMILES string of the molecule is CC(C)(C)c1ccc([S+]2CCOCC2)cc1.CC(C)(C)c1ccc([S+]2CCOCC2)cc1.CC(C)(C)c1ccc([S+]2CCOCC2)cc1.CC(C)(C)c1ccc([S+]2CCOCC2)cc1.CC(F)(F)C(=O)O.CC(F)(F)C(=O)OC1CCC2(CC1)OCCO2.CC(F)(F)C(=O)n1ccnc1.CC(F)(F)C(=O)n1ccnc1.O=C(n1ccnc1)n1ccnc1.OC1CCC2(CC1)OCCO2. The number of aliphatic carboxylic acids is 1. The summed E-state index contributed by atoms with van der Waals surface area (Å²) in [4.78, 5) is 73.6.